The zero-order valence-corrected chi connectivity index (χ0v) is 30.8. The van der Waals surface area contributed by atoms with E-state index in [1.807, 2.05) is 48.5 Å². The average molecular weight is 731 g/mol. The molecular weight excluding hydrogens is 697 g/mol. The molecule has 0 aliphatic rings. The lowest BCUT2D eigenvalue weighted by atomic mass is 9.96. The summed E-state index contributed by atoms with van der Waals surface area (Å²) >= 11 is 0. The van der Waals surface area contributed by atoms with Crippen molar-refractivity contribution in [2.45, 2.75) is 0 Å². The van der Waals surface area contributed by atoms with Gasteiger partial charge in [-0.25, -0.2) is 4.98 Å². The predicted molar refractivity (Wildman–Crippen MR) is 235 cm³/mol. The molecular formula is C53H34N2O2. The summed E-state index contributed by atoms with van der Waals surface area (Å²) in [6.45, 7) is 0. The normalized spacial score (nSPS) is 11.5. The molecule has 4 heteroatoms. The molecule has 11 aromatic rings. The first kappa shape index (κ1) is 32.7. The maximum Gasteiger partial charge on any atom is 0.227 e. The van der Waals surface area contributed by atoms with Gasteiger partial charge in [-0.15, -0.1) is 0 Å². The number of anilines is 3. The van der Waals surface area contributed by atoms with Gasteiger partial charge in [-0.05, 0) is 99.3 Å². The Morgan fingerprint density at radius 3 is 1.84 bits per heavy atom. The fraction of sp³-hybridized carbons (Fsp3) is 0. The number of benzene rings is 9. The van der Waals surface area contributed by atoms with Gasteiger partial charge in [0.25, 0.3) is 0 Å². The van der Waals surface area contributed by atoms with E-state index in [1.165, 1.54) is 21.9 Å². The topological polar surface area (TPSA) is 42.4 Å². The van der Waals surface area contributed by atoms with Crippen LogP contribution in [0, 0.1) is 0 Å². The zero-order chi connectivity index (χ0) is 37.7. The Morgan fingerprint density at radius 1 is 0.368 bits per heavy atom. The lowest BCUT2D eigenvalue weighted by Gasteiger charge is -2.28. The second kappa shape index (κ2) is 13.6. The van der Waals surface area contributed by atoms with Gasteiger partial charge in [0.15, 0.2) is 5.58 Å². The molecule has 0 aliphatic heterocycles. The van der Waals surface area contributed by atoms with E-state index < -0.39 is 0 Å². The molecule has 2 heterocycles. The number of aromatic nitrogens is 1. The van der Waals surface area contributed by atoms with Crippen LogP contribution < -0.4 is 4.90 Å². The lowest BCUT2D eigenvalue weighted by molar-refractivity contribution is 0.619. The second-order valence-corrected chi connectivity index (χ2v) is 14.3. The average Bonchev–Trinajstić information content (AvgIpc) is 3.90. The van der Waals surface area contributed by atoms with Crippen LogP contribution in [-0.2, 0) is 0 Å². The van der Waals surface area contributed by atoms with Crippen molar-refractivity contribution >= 4 is 60.9 Å². The monoisotopic (exact) mass is 730 g/mol. The van der Waals surface area contributed by atoms with Crippen molar-refractivity contribution in [1.82, 2.24) is 4.98 Å². The molecule has 0 unspecified atom stereocenters. The Hall–Kier alpha value is -7.69. The number of rotatable bonds is 7. The van der Waals surface area contributed by atoms with Crippen molar-refractivity contribution in [3.63, 3.8) is 0 Å². The van der Waals surface area contributed by atoms with Crippen molar-refractivity contribution in [1.29, 1.82) is 0 Å². The first-order valence-corrected chi connectivity index (χ1v) is 19.2. The highest BCUT2D eigenvalue weighted by Crippen LogP contribution is 2.45. The lowest BCUT2D eigenvalue weighted by Crippen LogP contribution is -2.11. The Balaban J connectivity index is 1.09. The molecule has 0 fully saturated rings. The highest BCUT2D eigenvalue weighted by Gasteiger charge is 2.22. The van der Waals surface area contributed by atoms with E-state index in [2.05, 4.69) is 163 Å². The first-order valence-electron chi connectivity index (χ1n) is 19.2. The van der Waals surface area contributed by atoms with Gasteiger partial charge < -0.3 is 13.7 Å². The summed E-state index contributed by atoms with van der Waals surface area (Å²) in [4.78, 5) is 7.41. The van der Waals surface area contributed by atoms with Crippen molar-refractivity contribution in [3.05, 3.63) is 206 Å². The van der Waals surface area contributed by atoms with Crippen molar-refractivity contribution in [2.75, 3.05) is 4.90 Å². The van der Waals surface area contributed by atoms with Gasteiger partial charge in [-0.3, -0.25) is 0 Å². The minimum atomic E-state index is 0.589. The molecule has 0 saturated heterocycles. The summed E-state index contributed by atoms with van der Waals surface area (Å²) < 4.78 is 12.8. The Labute approximate surface area is 329 Å². The van der Waals surface area contributed by atoms with Crippen molar-refractivity contribution in [3.8, 4) is 44.8 Å². The van der Waals surface area contributed by atoms with Crippen LogP contribution in [0.3, 0.4) is 0 Å². The van der Waals surface area contributed by atoms with Gasteiger partial charge >= 0.3 is 0 Å². The number of oxazole rings is 1. The van der Waals surface area contributed by atoms with E-state index in [9.17, 15) is 0 Å². The van der Waals surface area contributed by atoms with Gasteiger partial charge in [0, 0.05) is 27.9 Å². The Kier molecular flexibility index (Phi) is 7.78. The van der Waals surface area contributed by atoms with Gasteiger partial charge in [0.1, 0.15) is 16.7 Å². The number of fused-ring (bicyclic) bond motifs is 6. The Bertz CT molecular complexity index is 3230. The van der Waals surface area contributed by atoms with E-state index in [1.54, 1.807) is 0 Å². The number of para-hydroxylation sites is 1. The summed E-state index contributed by atoms with van der Waals surface area (Å²) in [5.41, 5.74) is 14.0. The highest BCUT2D eigenvalue weighted by atomic mass is 16.4. The van der Waals surface area contributed by atoms with E-state index in [4.69, 9.17) is 13.8 Å². The third-order valence-corrected chi connectivity index (χ3v) is 10.9. The molecule has 2 aromatic heterocycles. The van der Waals surface area contributed by atoms with E-state index in [-0.39, 0.29) is 0 Å². The van der Waals surface area contributed by atoms with E-state index in [0.717, 1.165) is 77.9 Å². The summed E-state index contributed by atoms with van der Waals surface area (Å²) in [6, 6.07) is 72.4. The standard InChI is InChI=1S/C53H34N2O2/c1-3-14-36(15-4-1)44-23-9-10-26-46(44)55(40-30-28-37(29-31-40)43-24-12-19-35-16-7-8-22-42(35)43)41-21-11-20-39(34-41)45-25-13-27-47-50(45)51-48(56-47)32-33-49-52(51)54-53(57-49)38-17-5-2-6-18-38/h1-34H. The third-order valence-electron chi connectivity index (χ3n) is 10.9. The van der Waals surface area contributed by atoms with Crippen LogP contribution in [-0.4, -0.2) is 4.98 Å². The number of furan rings is 1. The summed E-state index contributed by atoms with van der Waals surface area (Å²) in [5.74, 6) is 0.589. The van der Waals surface area contributed by atoms with Crippen LogP contribution in [0.15, 0.2) is 215 Å². The molecule has 0 spiro atoms. The summed E-state index contributed by atoms with van der Waals surface area (Å²) in [6.07, 6.45) is 0. The number of hydrogen-bond donors (Lipinski definition) is 0. The van der Waals surface area contributed by atoms with Gasteiger partial charge in [0.2, 0.25) is 5.89 Å². The molecule has 0 N–H and O–H groups in total. The fourth-order valence-electron chi connectivity index (χ4n) is 8.28. The molecule has 268 valence electrons. The molecule has 0 amide bonds. The molecule has 0 aliphatic carbocycles. The first-order chi connectivity index (χ1) is 28.3. The Morgan fingerprint density at radius 2 is 0.982 bits per heavy atom. The largest absolute Gasteiger partial charge is 0.456 e. The van der Waals surface area contributed by atoms with Crippen molar-refractivity contribution < 1.29 is 8.83 Å². The number of nitrogens with zero attached hydrogens (tertiary/aromatic N) is 2. The summed E-state index contributed by atoms with van der Waals surface area (Å²) in [7, 11) is 0. The van der Waals surface area contributed by atoms with Crippen LogP contribution in [0.4, 0.5) is 17.1 Å². The molecule has 0 saturated carbocycles. The quantitative estimate of drug-likeness (QED) is 0.164. The fourth-order valence-corrected chi connectivity index (χ4v) is 8.28. The summed E-state index contributed by atoms with van der Waals surface area (Å²) in [5, 5.41) is 4.44. The molecule has 0 radical (unpaired) electrons. The third kappa shape index (κ3) is 5.66. The smallest absolute Gasteiger partial charge is 0.227 e. The molecule has 4 nitrogen and oxygen atoms in total. The minimum absolute atomic E-state index is 0.589. The van der Waals surface area contributed by atoms with Crippen LogP contribution >= 0.6 is 0 Å². The van der Waals surface area contributed by atoms with Gasteiger partial charge in [-0.1, -0.05) is 146 Å². The SMILES string of the molecule is c1ccc(-c2nc3c(ccc4oc5cccc(-c6cccc(N(c7ccc(-c8cccc9ccccc89)cc7)c7ccccc7-c7ccccc7)c6)c5c43)o2)cc1. The molecule has 0 atom stereocenters. The van der Waals surface area contributed by atoms with Crippen LogP contribution in [0.5, 0.6) is 0 Å². The minimum Gasteiger partial charge on any atom is -0.456 e. The molecule has 11 rings (SSSR count). The second-order valence-electron chi connectivity index (χ2n) is 14.3. The number of hydrogen-bond acceptors (Lipinski definition) is 4. The van der Waals surface area contributed by atoms with Crippen LogP contribution in [0.25, 0.3) is 88.6 Å². The van der Waals surface area contributed by atoms with Gasteiger partial charge in [0.05, 0.1) is 11.1 Å². The van der Waals surface area contributed by atoms with Gasteiger partial charge in [-0.2, -0.15) is 0 Å². The van der Waals surface area contributed by atoms with E-state index in [0.29, 0.717) is 5.89 Å². The maximum absolute atomic E-state index is 6.50. The predicted octanol–water partition coefficient (Wildman–Crippen LogP) is 15.0. The highest BCUT2D eigenvalue weighted by molar-refractivity contribution is 6.21. The molecule has 9 aromatic carbocycles. The van der Waals surface area contributed by atoms with Crippen LogP contribution in [0.1, 0.15) is 0 Å². The molecule has 0 bridgehead atoms. The van der Waals surface area contributed by atoms with Crippen LogP contribution in [0.2, 0.25) is 0 Å². The molecule has 57 heavy (non-hydrogen) atoms. The van der Waals surface area contributed by atoms with Crippen molar-refractivity contribution in [2.24, 2.45) is 0 Å². The zero-order valence-electron chi connectivity index (χ0n) is 30.8. The maximum atomic E-state index is 6.50. The van der Waals surface area contributed by atoms with E-state index >= 15 is 0 Å².